The Bertz CT molecular complexity index is 823. The molecule has 3 N–H and O–H groups in total. The average molecular weight is 401 g/mol. The molecule has 0 saturated heterocycles. The summed E-state index contributed by atoms with van der Waals surface area (Å²) >= 11 is 0. The molecule has 158 valence electrons. The number of hydrogen-bond acceptors (Lipinski definition) is 5. The molecule has 0 bridgehead atoms. The summed E-state index contributed by atoms with van der Waals surface area (Å²) in [5, 5.41) is 17.3. The molecule has 2 aromatic heterocycles. The minimum atomic E-state index is -1.07. The van der Waals surface area contributed by atoms with E-state index >= 15 is 0 Å². The van der Waals surface area contributed by atoms with Crippen LogP contribution in [-0.4, -0.2) is 35.7 Å². The Morgan fingerprint density at radius 2 is 2.14 bits per heavy atom. The lowest BCUT2D eigenvalue weighted by atomic mass is 9.96. The largest absolute Gasteiger partial charge is 0.477 e. The van der Waals surface area contributed by atoms with Gasteiger partial charge in [-0.05, 0) is 58.1 Å². The van der Waals surface area contributed by atoms with Crippen LogP contribution in [-0.2, 0) is 12.1 Å². The second-order valence-corrected chi connectivity index (χ2v) is 7.91. The fourth-order valence-corrected chi connectivity index (χ4v) is 3.11. The van der Waals surface area contributed by atoms with Gasteiger partial charge >= 0.3 is 0 Å². The van der Waals surface area contributed by atoms with Gasteiger partial charge in [0, 0.05) is 24.4 Å². The number of guanidine groups is 1. The first kappa shape index (κ1) is 21.2. The highest BCUT2D eigenvalue weighted by Gasteiger charge is 2.28. The van der Waals surface area contributed by atoms with Crippen molar-refractivity contribution >= 4 is 5.96 Å². The summed E-state index contributed by atoms with van der Waals surface area (Å²) in [7, 11) is 0. The number of nitrogens with zero attached hydrogens (tertiary/aromatic N) is 2. The molecule has 0 amide bonds. The second kappa shape index (κ2) is 9.31. The summed E-state index contributed by atoms with van der Waals surface area (Å²) < 4.78 is 11.2. The minimum Gasteiger partial charge on any atom is -0.477 e. The van der Waals surface area contributed by atoms with Gasteiger partial charge in [-0.15, -0.1) is 0 Å². The normalized spacial score (nSPS) is 16.4. The average Bonchev–Trinajstić information content (AvgIpc) is 3.45. The summed E-state index contributed by atoms with van der Waals surface area (Å²) in [6.45, 7) is 9.79. The Kier molecular flexibility index (Phi) is 6.79. The molecule has 1 aliphatic rings. The number of nitrogens with one attached hydrogen (secondary N) is 2. The van der Waals surface area contributed by atoms with E-state index in [1.165, 1.54) is 12.8 Å². The summed E-state index contributed by atoms with van der Waals surface area (Å²) in [5.41, 5.74) is 0.707. The van der Waals surface area contributed by atoms with Crippen LogP contribution in [0.5, 0.6) is 5.88 Å². The first-order valence-corrected chi connectivity index (χ1v) is 10.3. The number of aromatic nitrogens is 1. The highest BCUT2D eigenvalue weighted by molar-refractivity contribution is 5.79. The number of ether oxygens (including phenoxy) is 1. The maximum atomic E-state index is 10.9. The number of rotatable bonds is 9. The van der Waals surface area contributed by atoms with E-state index in [-0.39, 0.29) is 0 Å². The summed E-state index contributed by atoms with van der Waals surface area (Å²) in [6.07, 6.45) is 4.32. The molecule has 7 nitrogen and oxygen atoms in total. The van der Waals surface area contributed by atoms with Crippen LogP contribution in [0.3, 0.4) is 0 Å². The Balaban J connectivity index is 1.56. The van der Waals surface area contributed by atoms with Crippen LogP contribution in [0.15, 0.2) is 33.8 Å². The maximum absolute atomic E-state index is 10.9. The van der Waals surface area contributed by atoms with Gasteiger partial charge in [-0.1, -0.05) is 6.07 Å². The molecule has 29 heavy (non-hydrogen) atoms. The Morgan fingerprint density at radius 1 is 1.34 bits per heavy atom. The third-order valence-electron chi connectivity index (χ3n) is 4.95. The van der Waals surface area contributed by atoms with Crippen molar-refractivity contribution in [3.05, 3.63) is 47.0 Å². The number of furan rings is 1. The van der Waals surface area contributed by atoms with Gasteiger partial charge in [0.05, 0.1) is 19.7 Å². The fourth-order valence-electron chi connectivity index (χ4n) is 3.11. The molecule has 1 atom stereocenters. The lowest BCUT2D eigenvalue weighted by Crippen LogP contribution is -2.44. The van der Waals surface area contributed by atoms with Crippen molar-refractivity contribution in [2.24, 2.45) is 10.9 Å². The van der Waals surface area contributed by atoms with Crippen LogP contribution in [0.25, 0.3) is 0 Å². The quantitative estimate of drug-likeness (QED) is 0.443. The Morgan fingerprint density at radius 3 is 2.72 bits per heavy atom. The van der Waals surface area contributed by atoms with E-state index in [0.29, 0.717) is 30.8 Å². The Hall–Kier alpha value is -2.54. The molecule has 2 heterocycles. The van der Waals surface area contributed by atoms with E-state index in [2.05, 4.69) is 20.6 Å². The van der Waals surface area contributed by atoms with Gasteiger partial charge in [0.25, 0.3) is 0 Å². The summed E-state index contributed by atoms with van der Waals surface area (Å²) in [4.78, 5) is 8.96. The van der Waals surface area contributed by atoms with Crippen LogP contribution in [0.1, 0.15) is 49.3 Å². The van der Waals surface area contributed by atoms with E-state index < -0.39 is 5.60 Å². The molecule has 0 radical (unpaired) electrons. The lowest BCUT2D eigenvalue weighted by Gasteiger charge is -2.24. The van der Waals surface area contributed by atoms with Crippen molar-refractivity contribution in [3.8, 4) is 5.88 Å². The van der Waals surface area contributed by atoms with Crippen molar-refractivity contribution in [2.45, 2.75) is 52.7 Å². The second-order valence-electron chi connectivity index (χ2n) is 7.91. The first-order chi connectivity index (χ1) is 13.9. The molecule has 1 unspecified atom stereocenters. The lowest BCUT2D eigenvalue weighted by molar-refractivity contribution is 0.0601. The molecular formula is C22H32N4O3. The molecule has 1 aliphatic carbocycles. The molecular weight excluding hydrogens is 368 g/mol. The molecule has 3 rings (SSSR count). The number of aliphatic imine (C=N–C) groups is 1. The zero-order valence-electron chi connectivity index (χ0n) is 17.8. The Labute approximate surface area is 172 Å². The topological polar surface area (TPSA) is 91.9 Å². The SMILES string of the molecule is CCNC(=NCc1ccc(OCC2CC2)nc1)NCC(C)(O)c1cc(C)oc1C. The standard InChI is InChI=1S/C22H32N4O3/c1-5-23-21(26-14-22(4,27)19-10-15(2)29-16(19)3)25-12-18-8-9-20(24-11-18)28-13-17-6-7-17/h8-11,17,27H,5-7,12-14H2,1-4H3,(H2,23,25,26). The van der Waals surface area contributed by atoms with Gasteiger partial charge in [-0.2, -0.15) is 0 Å². The van der Waals surface area contributed by atoms with E-state index in [0.717, 1.165) is 35.8 Å². The van der Waals surface area contributed by atoms with Crippen molar-refractivity contribution in [2.75, 3.05) is 19.7 Å². The zero-order valence-corrected chi connectivity index (χ0v) is 17.8. The summed E-state index contributed by atoms with van der Waals surface area (Å²) in [6, 6.07) is 5.75. The summed E-state index contributed by atoms with van der Waals surface area (Å²) in [5.74, 6) is 3.53. The van der Waals surface area contributed by atoms with E-state index in [4.69, 9.17) is 9.15 Å². The number of aliphatic hydroxyl groups is 1. The van der Waals surface area contributed by atoms with Crippen LogP contribution in [0.2, 0.25) is 0 Å². The number of aryl methyl sites for hydroxylation is 2. The zero-order chi connectivity index (χ0) is 20.9. The highest BCUT2D eigenvalue weighted by Crippen LogP contribution is 2.29. The van der Waals surface area contributed by atoms with E-state index in [1.807, 2.05) is 39.0 Å². The van der Waals surface area contributed by atoms with Crippen LogP contribution in [0.4, 0.5) is 0 Å². The van der Waals surface area contributed by atoms with Gasteiger partial charge in [0.2, 0.25) is 5.88 Å². The van der Waals surface area contributed by atoms with Crippen molar-refractivity contribution < 1.29 is 14.3 Å². The van der Waals surface area contributed by atoms with Gasteiger partial charge in [0.1, 0.15) is 17.1 Å². The molecule has 7 heteroatoms. The molecule has 0 spiro atoms. The maximum Gasteiger partial charge on any atom is 0.213 e. The highest BCUT2D eigenvalue weighted by atomic mass is 16.5. The molecule has 0 aliphatic heterocycles. The van der Waals surface area contributed by atoms with Gasteiger partial charge < -0.3 is 24.9 Å². The fraction of sp³-hybridized carbons (Fsp3) is 0.545. The molecule has 1 fully saturated rings. The first-order valence-electron chi connectivity index (χ1n) is 10.3. The monoisotopic (exact) mass is 400 g/mol. The van der Waals surface area contributed by atoms with Gasteiger partial charge in [0.15, 0.2) is 5.96 Å². The number of pyridine rings is 1. The third kappa shape index (κ3) is 6.22. The smallest absolute Gasteiger partial charge is 0.213 e. The van der Waals surface area contributed by atoms with Crippen LogP contribution >= 0.6 is 0 Å². The molecule has 1 saturated carbocycles. The van der Waals surface area contributed by atoms with Crippen LogP contribution < -0.4 is 15.4 Å². The van der Waals surface area contributed by atoms with Crippen molar-refractivity contribution in [1.29, 1.82) is 0 Å². The predicted molar refractivity (Wildman–Crippen MR) is 113 cm³/mol. The van der Waals surface area contributed by atoms with Gasteiger partial charge in [-0.25, -0.2) is 9.98 Å². The molecule has 2 aromatic rings. The van der Waals surface area contributed by atoms with Gasteiger partial charge in [-0.3, -0.25) is 0 Å². The number of hydrogen-bond donors (Lipinski definition) is 3. The van der Waals surface area contributed by atoms with E-state index in [1.54, 1.807) is 13.1 Å². The third-order valence-corrected chi connectivity index (χ3v) is 4.95. The van der Waals surface area contributed by atoms with Crippen LogP contribution in [0, 0.1) is 19.8 Å². The molecule has 0 aromatic carbocycles. The van der Waals surface area contributed by atoms with Crippen molar-refractivity contribution in [3.63, 3.8) is 0 Å². The predicted octanol–water partition coefficient (Wildman–Crippen LogP) is 3.04. The van der Waals surface area contributed by atoms with Crippen molar-refractivity contribution in [1.82, 2.24) is 15.6 Å². The van der Waals surface area contributed by atoms with E-state index in [9.17, 15) is 5.11 Å². The minimum absolute atomic E-state index is 0.310.